The molecule has 0 spiro atoms. The van der Waals surface area contributed by atoms with Crippen LogP contribution < -0.4 is 0 Å². The summed E-state index contributed by atoms with van der Waals surface area (Å²) >= 11 is 7.92. The minimum atomic E-state index is -1.28. The molecule has 0 bridgehead atoms. The average molecular weight is 256 g/mol. The fourth-order valence-electron chi connectivity index (χ4n) is 1.37. The van der Waals surface area contributed by atoms with E-state index in [4.69, 9.17) is 9.47 Å². The number of hydrogen-bond donors (Lipinski definition) is 5. The molecule has 0 aromatic rings. The van der Waals surface area contributed by atoms with Crippen molar-refractivity contribution in [1.29, 1.82) is 0 Å². The van der Waals surface area contributed by atoms with Crippen LogP contribution in [0.1, 0.15) is 0 Å². The Kier molecular flexibility index (Phi) is 5.69. The molecule has 3 N–H and O–H groups in total. The number of hydrogen-bond acceptors (Lipinski definition) is 7. The first-order chi connectivity index (χ1) is 7.11. The van der Waals surface area contributed by atoms with Gasteiger partial charge in [0.05, 0.1) is 12.7 Å². The molecule has 0 aliphatic carbocycles. The maximum absolute atomic E-state index is 9.54. The van der Waals surface area contributed by atoms with E-state index in [0.29, 0.717) is 12.4 Å². The average Bonchev–Trinajstić information content (AvgIpc) is 2.25. The molecule has 1 saturated heterocycles. The molecule has 0 aromatic heterocycles. The number of rotatable bonds is 4. The molecule has 0 aromatic carbocycles. The van der Waals surface area contributed by atoms with Crippen LogP contribution in [0.4, 0.5) is 0 Å². The molecule has 5 nitrogen and oxygen atoms in total. The minimum absolute atomic E-state index is 0.242. The standard InChI is InChI=1S/C8H16O5S2/c9-5-4(3-15)13-8(12-1-2-14)7(11)6(5)10/h4-11,14-15H,1-3H2. The number of thiol groups is 2. The minimum Gasteiger partial charge on any atom is -0.388 e. The van der Waals surface area contributed by atoms with E-state index in [2.05, 4.69) is 25.3 Å². The van der Waals surface area contributed by atoms with E-state index in [0.717, 1.165) is 0 Å². The molecule has 0 saturated carbocycles. The molecule has 1 aliphatic rings. The van der Waals surface area contributed by atoms with E-state index in [-0.39, 0.29) is 5.75 Å². The largest absolute Gasteiger partial charge is 0.388 e. The smallest absolute Gasteiger partial charge is 0.186 e. The predicted octanol–water partition coefficient (Wildman–Crippen LogP) is -1.33. The Hall–Kier alpha value is 0.500. The van der Waals surface area contributed by atoms with Gasteiger partial charge in [-0.25, -0.2) is 0 Å². The fraction of sp³-hybridized carbons (Fsp3) is 1.00. The third-order valence-corrected chi connectivity index (χ3v) is 2.76. The molecular formula is C8H16O5S2. The topological polar surface area (TPSA) is 79.2 Å². The van der Waals surface area contributed by atoms with Crippen molar-refractivity contribution in [2.75, 3.05) is 18.1 Å². The number of ether oxygens (including phenoxy) is 2. The Morgan fingerprint density at radius 1 is 1.07 bits per heavy atom. The van der Waals surface area contributed by atoms with Crippen LogP contribution >= 0.6 is 25.3 Å². The summed E-state index contributed by atoms with van der Waals surface area (Å²) in [6, 6.07) is 0. The zero-order valence-electron chi connectivity index (χ0n) is 8.06. The van der Waals surface area contributed by atoms with Crippen molar-refractivity contribution >= 4 is 25.3 Å². The van der Waals surface area contributed by atoms with Crippen molar-refractivity contribution in [3.05, 3.63) is 0 Å². The van der Waals surface area contributed by atoms with Crippen LogP contribution in [0.15, 0.2) is 0 Å². The molecule has 1 aliphatic heterocycles. The summed E-state index contributed by atoms with van der Waals surface area (Å²) in [4.78, 5) is 0. The highest BCUT2D eigenvalue weighted by molar-refractivity contribution is 7.80. The maximum atomic E-state index is 9.54. The summed E-state index contributed by atoms with van der Waals surface area (Å²) in [6.07, 6.45) is -5.26. The van der Waals surface area contributed by atoms with Gasteiger partial charge in [-0.1, -0.05) is 0 Å². The van der Waals surface area contributed by atoms with Crippen LogP contribution in [0.5, 0.6) is 0 Å². The van der Waals surface area contributed by atoms with E-state index >= 15 is 0 Å². The first-order valence-electron chi connectivity index (χ1n) is 4.64. The van der Waals surface area contributed by atoms with Gasteiger partial charge in [0.2, 0.25) is 0 Å². The Morgan fingerprint density at radius 2 is 1.73 bits per heavy atom. The van der Waals surface area contributed by atoms with Crippen molar-refractivity contribution in [2.24, 2.45) is 0 Å². The molecule has 5 unspecified atom stereocenters. The molecule has 0 amide bonds. The molecule has 7 heteroatoms. The second-order valence-electron chi connectivity index (χ2n) is 3.29. The molecule has 5 atom stereocenters. The van der Waals surface area contributed by atoms with Gasteiger partial charge in [-0.05, 0) is 0 Å². The Labute approximate surface area is 99.2 Å². The Balaban J connectivity index is 2.57. The quantitative estimate of drug-likeness (QED) is 0.403. The van der Waals surface area contributed by atoms with Gasteiger partial charge in [-0.3, -0.25) is 0 Å². The van der Waals surface area contributed by atoms with E-state index in [1.165, 1.54) is 0 Å². The Morgan fingerprint density at radius 3 is 2.27 bits per heavy atom. The van der Waals surface area contributed by atoms with E-state index in [1.54, 1.807) is 0 Å². The van der Waals surface area contributed by atoms with Crippen molar-refractivity contribution in [1.82, 2.24) is 0 Å². The molecule has 15 heavy (non-hydrogen) atoms. The van der Waals surface area contributed by atoms with Gasteiger partial charge in [0, 0.05) is 11.5 Å². The zero-order valence-corrected chi connectivity index (χ0v) is 9.85. The SMILES string of the molecule is OC1C(CS)OC(OCCS)C(O)C1O. The number of aliphatic hydroxyl groups is 3. The highest BCUT2D eigenvalue weighted by Gasteiger charge is 2.43. The van der Waals surface area contributed by atoms with Crippen molar-refractivity contribution < 1.29 is 24.8 Å². The summed E-state index contributed by atoms with van der Waals surface area (Å²) in [5.74, 6) is 0.725. The van der Waals surface area contributed by atoms with Gasteiger partial charge >= 0.3 is 0 Å². The first-order valence-corrected chi connectivity index (χ1v) is 5.91. The van der Waals surface area contributed by atoms with E-state index in [9.17, 15) is 15.3 Å². The summed E-state index contributed by atoms with van der Waals surface area (Å²) in [7, 11) is 0. The lowest BCUT2D eigenvalue weighted by Crippen LogP contribution is -2.58. The van der Waals surface area contributed by atoms with Crippen LogP contribution in [0.2, 0.25) is 0 Å². The highest BCUT2D eigenvalue weighted by atomic mass is 32.1. The summed E-state index contributed by atoms with van der Waals surface area (Å²) in [5.41, 5.74) is 0. The Bertz CT molecular complexity index is 192. The van der Waals surface area contributed by atoms with Gasteiger partial charge in [-0.2, -0.15) is 25.3 Å². The second-order valence-corrected chi connectivity index (χ2v) is 4.10. The van der Waals surface area contributed by atoms with Crippen molar-refractivity contribution in [3.8, 4) is 0 Å². The lowest BCUT2D eigenvalue weighted by atomic mass is 10.00. The molecular weight excluding hydrogens is 240 g/mol. The highest BCUT2D eigenvalue weighted by Crippen LogP contribution is 2.22. The van der Waals surface area contributed by atoms with Crippen LogP contribution in [0, 0.1) is 0 Å². The predicted molar refractivity (Wildman–Crippen MR) is 60.3 cm³/mol. The summed E-state index contributed by atoms with van der Waals surface area (Å²) in [6.45, 7) is 0.299. The summed E-state index contributed by atoms with van der Waals surface area (Å²) in [5, 5.41) is 28.5. The van der Waals surface area contributed by atoms with Crippen molar-refractivity contribution in [2.45, 2.75) is 30.7 Å². The lowest BCUT2D eigenvalue weighted by molar-refractivity contribution is -0.290. The molecule has 1 fully saturated rings. The first kappa shape index (κ1) is 13.6. The third-order valence-electron chi connectivity index (χ3n) is 2.22. The molecule has 1 heterocycles. The second kappa shape index (κ2) is 6.29. The van der Waals surface area contributed by atoms with Crippen LogP contribution in [0.3, 0.4) is 0 Å². The molecule has 90 valence electrons. The van der Waals surface area contributed by atoms with Crippen LogP contribution in [-0.2, 0) is 9.47 Å². The van der Waals surface area contributed by atoms with E-state index in [1.807, 2.05) is 0 Å². The maximum Gasteiger partial charge on any atom is 0.186 e. The van der Waals surface area contributed by atoms with Gasteiger partial charge in [0.25, 0.3) is 0 Å². The van der Waals surface area contributed by atoms with Crippen LogP contribution in [0.25, 0.3) is 0 Å². The normalized spacial score (nSPS) is 41.8. The number of aliphatic hydroxyl groups excluding tert-OH is 3. The monoisotopic (exact) mass is 256 g/mol. The van der Waals surface area contributed by atoms with Gasteiger partial charge < -0.3 is 24.8 Å². The van der Waals surface area contributed by atoms with Crippen molar-refractivity contribution in [3.63, 3.8) is 0 Å². The van der Waals surface area contributed by atoms with Gasteiger partial charge in [0.1, 0.15) is 18.3 Å². The fourth-order valence-corrected chi connectivity index (χ4v) is 1.78. The van der Waals surface area contributed by atoms with E-state index < -0.39 is 30.7 Å². The molecule has 0 radical (unpaired) electrons. The van der Waals surface area contributed by atoms with Gasteiger partial charge in [0.15, 0.2) is 6.29 Å². The molecule has 1 rings (SSSR count). The van der Waals surface area contributed by atoms with Gasteiger partial charge in [-0.15, -0.1) is 0 Å². The lowest BCUT2D eigenvalue weighted by Gasteiger charge is -2.39. The third kappa shape index (κ3) is 3.23. The zero-order chi connectivity index (χ0) is 11.4. The summed E-state index contributed by atoms with van der Waals surface area (Å²) < 4.78 is 10.4. The van der Waals surface area contributed by atoms with Crippen LogP contribution in [-0.4, -0.2) is 64.1 Å².